The molecule has 0 aliphatic heterocycles. The molecule has 1 aromatic rings. The average Bonchev–Trinajstić information content (AvgIpc) is 2.41. The first-order valence-electron chi connectivity index (χ1n) is 6.44. The van der Waals surface area contributed by atoms with Crippen molar-refractivity contribution in [1.82, 2.24) is 10.3 Å². The van der Waals surface area contributed by atoms with Gasteiger partial charge in [-0.25, -0.2) is 9.98 Å². The van der Waals surface area contributed by atoms with Crippen molar-refractivity contribution >= 4 is 5.96 Å². The van der Waals surface area contributed by atoms with Gasteiger partial charge in [0.05, 0.1) is 6.54 Å². The highest BCUT2D eigenvalue weighted by molar-refractivity contribution is 5.77. The fraction of sp³-hybridized carbons (Fsp3) is 0.538. The lowest BCUT2D eigenvalue weighted by Gasteiger charge is -2.09. The van der Waals surface area contributed by atoms with Gasteiger partial charge in [0.1, 0.15) is 0 Å². The minimum absolute atomic E-state index is 0.0778. The Morgan fingerprint density at radius 3 is 2.67 bits per heavy atom. The van der Waals surface area contributed by atoms with E-state index in [9.17, 15) is 13.2 Å². The first kappa shape index (κ1) is 17.1. The van der Waals surface area contributed by atoms with Crippen molar-refractivity contribution in [3.63, 3.8) is 0 Å². The Morgan fingerprint density at radius 2 is 2.14 bits per heavy atom. The number of halogens is 3. The van der Waals surface area contributed by atoms with Crippen LogP contribution in [0.4, 0.5) is 13.2 Å². The Balaban J connectivity index is 2.45. The standard InChI is InChI=1S/C13H19F3N4O/c1-9(2)5-19-12(17)20-7-10-3-4-11(18-6-10)21-8-13(14,15)16/h3-4,6,9H,5,7-8H2,1-2H3,(H3,17,19,20). The molecule has 0 atom stereocenters. The van der Waals surface area contributed by atoms with Gasteiger partial charge in [0, 0.05) is 18.8 Å². The maximum atomic E-state index is 12.0. The predicted octanol–water partition coefficient (Wildman–Crippen LogP) is 2.08. The number of nitrogens with zero attached hydrogens (tertiary/aromatic N) is 2. The second-order valence-corrected chi connectivity index (χ2v) is 4.88. The number of nitrogens with two attached hydrogens (primary N) is 1. The maximum absolute atomic E-state index is 12.0. The number of hydrogen-bond acceptors (Lipinski definition) is 3. The van der Waals surface area contributed by atoms with E-state index in [1.807, 2.05) is 13.8 Å². The average molecular weight is 304 g/mol. The van der Waals surface area contributed by atoms with E-state index in [-0.39, 0.29) is 5.88 Å². The molecule has 0 unspecified atom stereocenters. The van der Waals surface area contributed by atoms with E-state index in [0.29, 0.717) is 18.4 Å². The van der Waals surface area contributed by atoms with Gasteiger partial charge in [-0.2, -0.15) is 13.2 Å². The molecule has 1 rings (SSSR count). The number of ether oxygens (including phenoxy) is 1. The molecule has 0 aliphatic rings. The van der Waals surface area contributed by atoms with Crippen LogP contribution in [0.1, 0.15) is 19.4 Å². The van der Waals surface area contributed by atoms with Crippen LogP contribution in [0, 0.1) is 5.92 Å². The van der Waals surface area contributed by atoms with Crippen LogP contribution in [0.25, 0.3) is 0 Å². The summed E-state index contributed by atoms with van der Waals surface area (Å²) < 4.78 is 40.4. The topological polar surface area (TPSA) is 72.5 Å². The lowest BCUT2D eigenvalue weighted by Crippen LogP contribution is -2.34. The Hall–Kier alpha value is -1.99. The first-order valence-corrected chi connectivity index (χ1v) is 6.44. The third-order valence-electron chi connectivity index (χ3n) is 2.30. The minimum atomic E-state index is -4.37. The first-order chi connectivity index (χ1) is 9.76. The summed E-state index contributed by atoms with van der Waals surface area (Å²) in [6.07, 6.45) is -2.97. The Labute approximate surface area is 121 Å². The van der Waals surface area contributed by atoms with Gasteiger partial charge in [0.2, 0.25) is 5.88 Å². The van der Waals surface area contributed by atoms with Crippen molar-refractivity contribution in [3.8, 4) is 5.88 Å². The number of aromatic nitrogens is 1. The number of guanidine groups is 1. The predicted molar refractivity (Wildman–Crippen MR) is 74.0 cm³/mol. The van der Waals surface area contributed by atoms with E-state index in [1.165, 1.54) is 12.3 Å². The van der Waals surface area contributed by atoms with E-state index in [2.05, 4.69) is 20.0 Å². The molecule has 0 saturated carbocycles. The van der Waals surface area contributed by atoms with Gasteiger partial charge in [-0.3, -0.25) is 0 Å². The molecule has 0 aliphatic carbocycles. The lowest BCUT2D eigenvalue weighted by molar-refractivity contribution is -0.154. The van der Waals surface area contributed by atoms with Crippen molar-refractivity contribution in [2.45, 2.75) is 26.6 Å². The van der Waals surface area contributed by atoms with Crippen LogP contribution in [0.2, 0.25) is 0 Å². The zero-order valence-corrected chi connectivity index (χ0v) is 11.9. The molecule has 0 bridgehead atoms. The molecule has 5 nitrogen and oxygen atoms in total. The van der Waals surface area contributed by atoms with Crippen LogP contribution in [0.5, 0.6) is 5.88 Å². The van der Waals surface area contributed by atoms with Gasteiger partial charge in [0.15, 0.2) is 12.6 Å². The van der Waals surface area contributed by atoms with Gasteiger partial charge in [-0.05, 0) is 11.5 Å². The molecule has 0 radical (unpaired) electrons. The van der Waals surface area contributed by atoms with Crippen molar-refractivity contribution in [3.05, 3.63) is 23.9 Å². The zero-order valence-electron chi connectivity index (χ0n) is 11.9. The van der Waals surface area contributed by atoms with Crippen molar-refractivity contribution in [2.75, 3.05) is 13.2 Å². The summed E-state index contributed by atoms with van der Waals surface area (Å²) in [6, 6.07) is 2.96. The third-order valence-corrected chi connectivity index (χ3v) is 2.30. The smallest absolute Gasteiger partial charge is 0.422 e. The fourth-order valence-electron chi connectivity index (χ4n) is 1.29. The van der Waals surface area contributed by atoms with Crippen molar-refractivity contribution < 1.29 is 17.9 Å². The molecule has 3 N–H and O–H groups in total. The SMILES string of the molecule is CC(C)CNC(N)=NCc1ccc(OCC(F)(F)F)nc1. The summed E-state index contributed by atoms with van der Waals surface area (Å²) in [5, 5.41) is 2.96. The highest BCUT2D eigenvalue weighted by Gasteiger charge is 2.28. The summed E-state index contributed by atoms with van der Waals surface area (Å²) in [7, 11) is 0. The summed E-state index contributed by atoms with van der Waals surface area (Å²) in [5.74, 6) is 0.692. The van der Waals surface area contributed by atoms with Crippen LogP contribution >= 0.6 is 0 Å². The summed E-state index contributed by atoms with van der Waals surface area (Å²) >= 11 is 0. The maximum Gasteiger partial charge on any atom is 0.422 e. The molecule has 8 heteroatoms. The second kappa shape index (κ2) is 7.70. The third kappa shape index (κ3) is 8.01. The number of pyridine rings is 1. The van der Waals surface area contributed by atoms with Crippen LogP contribution in [0.15, 0.2) is 23.3 Å². The molecule has 1 heterocycles. The summed E-state index contributed by atoms with van der Waals surface area (Å²) in [4.78, 5) is 7.88. The molecular weight excluding hydrogens is 285 g/mol. The highest BCUT2D eigenvalue weighted by Crippen LogP contribution is 2.17. The van der Waals surface area contributed by atoms with Gasteiger partial charge < -0.3 is 15.8 Å². The zero-order chi connectivity index (χ0) is 15.9. The molecule has 118 valence electrons. The minimum Gasteiger partial charge on any atom is -0.468 e. The molecule has 0 amide bonds. The Morgan fingerprint density at radius 1 is 1.43 bits per heavy atom. The lowest BCUT2D eigenvalue weighted by atomic mass is 10.2. The van der Waals surface area contributed by atoms with Crippen LogP contribution in [-0.4, -0.2) is 30.3 Å². The van der Waals surface area contributed by atoms with E-state index >= 15 is 0 Å². The number of nitrogens with one attached hydrogen (secondary N) is 1. The molecule has 0 saturated heterocycles. The number of alkyl halides is 3. The van der Waals surface area contributed by atoms with E-state index in [0.717, 1.165) is 12.1 Å². The quantitative estimate of drug-likeness (QED) is 0.623. The normalized spacial score (nSPS) is 12.6. The van der Waals surface area contributed by atoms with Crippen LogP contribution < -0.4 is 15.8 Å². The largest absolute Gasteiger partial charge is 0.468 e. The van der Waals surface area contributed by atoms with Gasteiger partial charge in [0.25, 0.3) is 0 Å². The van der Waals surface area contributed by atoms with Gasteiger partial charge in [-0.15, -0.1) is 0 Å². The monoisotopic (exact) mass is 304 g/mol. The molecule has 0 spiro atoms. The summed E-state index contributed by atoms with van der Waals surface area (Å²) in [6.45, 7) is 3.75. The molecule has 1 aromatic heterocycles. The Bertz CT molecular complexity index is 457. The second-order valence-electron chi connectivity index (χ2n) is 4.88. The van der Waals surface area contributed by atoms with Crippen LogP contribution in [0.3, 0.4) is 0 Å². The number of aliphatic imine (C=N–C) groups is 1. The molecular formula is C13H19F3N4O. The molecule has 21 heavy (non-hydrogen) atoms. The van der Waals surface area contributed by atoms with Crippen molar-refractivity contribution in [2.24, 2.45) is 16.6 Å². The molecule has 0 aromatic carbocycles. The van der Waals surface area contributed by atoms with Crippen molar-refractivity contribution in [1.29, 1.82) is 0 Å². The van der Waals surface area contributed by atoms with Crippen LogP contribution in [-0.2, 0) is 6.54 Å². The molecule has 0 fully saturated rings. The number of hydrogen-bond donors (Lipinski definition) is 2. The number of rotatable bonds is 6. The van der Waals surface area contributed by atoms with E-state index in [1.54, 1.807) is 6.07 Å². The fourth-order valence-corrected chi connectivity index (χ4v) is 1.29. The van der Waals surface area contributed by atoms with Gasteiger partial charge in [-0.1, -0.05) is 19.9 Å². The van der Waals surface area contributed by atoms with E-state index < -0.39 is 12.8 Å². The van der Waals surface area contributed by atoms with E-state index in [4.69, 9.17) is 5.73 Å². The van der Waals surface area contributed by atoms with Gasteiger partial charge >= 0.3 is 6.18 Å². The Kier molecular flexibility index (Phi) is 6.26. The summed E-state index contributed by atoms with van der Waals surface area (Å²) in [5.41, 5.74) is 6.39. The highest BCUT2D eigenvalue weighted by atomic mass is 19.4.